The summed E-state index contributed by atoms with van der Waals surface area (Å²) in [6, 6.07) is 22.3. The number of hydrogen-bond acceptors (Lipinski definition) is 5. The van der Waals surface area contributed by atoms with Gasteiger partial charge in [-0.2, -0.15) is 0 Å². The van der Waals surface area contributed by atoms with Crippen molar-refractivity contribution in [3.63, 3.8) is 0 Å². The van der Waals surface area contributed by atoms with Crippen LogP contribution in [0.4, 0.5) is 17.1 Å². The Morgan fingerprint density at radius 1 is 0.939 bits per heavy atom. The molecule has 0 aromatic heterocycles. The van der Waals surface area contributed by atoms with Gasteiger partial charge < -0.3 is 25.2 Å². The van der Waals surface area contributed by atoms with Crippen LogP contribution in [0.15, 0.2) is 72.9 Å². The van der Waals surface area contributed by atoms with Crippen LogP contribution in [0.1, 0.15) is 5.56 Å². The monoisotopic (exact) mass is 440 g/mol. The van der Waals surface area contributed by atoms with Crippen LogP contribution in [-0.2, 0) is 4.79 Å². The SMILES string of the molecule is COc1cccc(-c2ccc3c(c2)NC(=O)C3=CNc2ccc(N3CCN(C)CC3)cc2)c1. The third-order valence-corrected chi connectivity index (χ3v) is 6.32. The van der Waals surface area contributed by atoms with Crippen molar-refractivity contribution < 1.29 is 9.53 Å². The van der Waals surface area contributed by atoms with E-state index in [1.165, 1.54) is 5.69 Å². The first-order valence-electron chi connectivity index (χ1n) is 11.2. The fourth-order valence-electron chi connectivity index (χ4n) is 4.31. The summed E-state index contributed by atoms with van der Waals surface area (Å²) in [5.74, 6) is 0.704. The zero-order valence-electron chi connectivity index (χ0n) is 19.0. The summed E-state index contributed by atoms with van der Waals surface area (Å²) in [6.45, 7) is 4.25. The standard InChI is InChI=1S/C27H28N4O2/c1-30-12-14-31(15-13-30)22-9-7-21(8-10-22)28-18-25-24-11-6-20(17-26(24)29-27(25)32)19-4-3-5-23(16-19)33-2/h3-11,16-18,28H,12-15H2,1-2H3,(H,29,32). The maximum atomic E-state index is 12.6. The molecule has 1 amide bonds. The summed E-state index contributed by atoms with van der Waals surface area (Å²) in [6.07, 6.45) is 1.79. The molecule has 1 saturated heterocycles. The normalized spacial score (nSPS) is 17.1. The molecule has 0 spiro atoms. The molecule has 33 heavy (non-hydrogen) atoms. The minimum atomic E-state index is -0.102. The average molecular weight is 441 g/mol. The van der Waals surface area contributed by atoms with E-state index in [1.807, 2.05) is 42.5 Å². The van der Waals surface area contributed by atoms with Crippen LogP contribution in [0.3, 0.4) is 0 Å². The molecule has 3 aromatic rings. The Balaban J connectivity index is 1.31. The minimum absolute atomic E-state index is 0.102. The summed E-state index contributed by atoms with van der Waals surface area (Å²) >= 11 is 0. The van der Waals surface area contributed by atoms with Gasteiger partial charge in [-0.25, -0.2) is 0 Å². The Morgan fingerprint density at radius 3 is 2.45 bits per heavy atom. The number of methoxy groups -OCH3 is 1. The van der Waals surface area contributed by atoms with Gasteiger partial charge in [0, 0.05) is 55.0 Å². The highest BCUT2D eigenvalue weighted by atomic mass is 16.5. The summed E-state index contributed by atoms with van der Waals surface area (Å²) in [7, 11) is 3.82. The number of piperazine rings is 1. The van der Waals surface area contributed by atoms with Crippen LogP contribution in [0.2, 0.25) is 0 Å². The Morgan fingerprint density at radius 2 is 1.70 bits per heavy atom. The van der Waals surface area contributed by atoms with Gasteiger partial charge in [0.25, 0.3) is 5.91 Å². The van der Waals surface area contributed by atoms with Crippen molar-refractivity contribution in [2.45, 2.75) is 0 Å². The lowest BCUT2D eigenvalue weighted by Crippen LogP contribution is -2.44. The molecule has 0 aliphatic carbocycles. The van der Waals surface area contributed by atoms with E-state index >= 15 is 0 Å². The van der Waals surface area contributed by atoms with Crippen LogP contribution < -0.4 is 20.3 Å². The molecule has 0 atom stereocenters. The lowest BCUT2D eigenvalue weighted by atomic mass is 10.0. The highest BCUT2D eigenvalue weighted by Crippen LogP contribution is 2.36. The summed E-state index contributed by atoms with van der Waals surface area (Å²) < 4.78 is 5.33. The minimum Gasteiger partial charge on any atom is -0.497 e. The van der Waals surface area contributed by atoms with Gasteiger partial charge in [0.05, 0.1) is 12.7 Å². The molecule has 0 bridgehead atoms. The van der Waals surface area contributed by atoms with Crippen LogP contribution in [0, 0.1) is 0 Å². The number of nitrogens with zero attached hydrogens (tertiary/aromatic N) is 2. The van der Waals surface area contributed by atoms with Crippen LogP contribution >= 0.6 is 0 Å². The van der Waals surface area contributed by atoms with E-state index in [1.54, 1.807) is 13.3 Å². The average Bonchev–Trinajstić information content (AvgIpc) is 3.17. The number of carbonyl (C=O) groups is 1. The van der Waals surface area contributed by atoms with Gasteiger partial charge in [-0.3, -0.25) is 4.79 Å². The number of nitrogens with one attached hydrogen (secondary N) is 2. The van der Waals surface area contributed by atoms with Gasteiger partial charge in [0.15, 0.2) is 0 Å². The van der Waals surface area contributed by atoms with Crippen LogP contribution in [0.25, 0.3) is 16.7 Å². The Labute approximate surface area is 194 Å². The lowest BCUT2D eigenvalue weighted by molar-refractivity contribution is -0.110. The van der Waals surface area contributed by atoms with Gasteiger partial charge in [-0.05, 0) is 60.6 Å². The predicted octanol–water partition coefficient (Wildman–Crippen LogP) is 4.52. The molecule has 2 aliphatic heterocycles. The van der Waals surface area contributed by atoms with E-state index in [4.69, 9.17) is 4.74 Å². The van der Waals surface area contributed by atoms with Crippen LogP contribution in [0.5, 0.6) is 5.75 Å². The van der Waals surface area contributed by atoms with Crippen molar-refractivity contribution in [2.24, 2.45) is 0 Å². The number of carbonyl (C=O) groups excluding carboxylic acids is 1. The van der Waals surface area contributed by atoms with Gasteiger partial charge in [0.1, 0.15) is 5.75 Å². The van der Waals surface area contributed by atoms with E-state index in [9.17, 15) is 4.79 Å². The molecular formula is C27H28N4O2. The molecule has 5 rings (SSSR count). The molecule has 0 radical (unpaired) electrons. The summed E-state index contributed by atoms with van der Waals surface area (Å²) in [5.41, 5.74) is 6.60. The smallest absolute Gasteiger partial charge is 0.257 e. The molecule has 0 unspecified atom stereocenters. The molecule has 2 heterocycles. The van der Waals surface area contributed by atoms with Gasteiger partial charge in [0.2, 0.25) is 0 Å². The largest absolute Gasteiger partial charge is 0.497 e. The van der Waals surface area contributed by atoms with E-state index in [0.29, 0.717) is 5.57 Å². The van der Waals surface area contributed by atoms with E-state index in [-0.39, 0.29) is 5.91 Å². The number of likely N-dealkylation sites (N-methyl/N-ethyl adjacent to an activating group) is 1. The number of rotatable bonds is 5. The molecular weight excluding hydrogens is 412 g/mol. The van der Waals surface area contributed by atoms with Crippen molar-refractivity contribution in [3.8, 4) is 16.9 Å². The van der Waals surface area contributed by atoms with Crippen LogP contribution in [-0.4, -0.2) is 51.1 Å². The van der Waals surface area contributed by atoms with E-state index in [0.717, 1.165) is 60.0 Å². The zero-order valence-corrected chi connectivity index (χ0v) is 19.0. The fraction of sp³-hybridized carbons (Fsp3) is 0.222. The highest BCUT2D eigenvalue weighted by Gasteiger charge is 2.24. The van der Waals surface area contributed by atoms with Crippen molar-refractivity contribution in [3.05, 3.63) is 78.5 Å². The number of anilines is 3. The predicted molar refractivity (Wildman–Crippen MR) is 135 cm³/mol. The number of amides is 1. The van der Waals surface area contributed by atoms with Crippen molar-refractivity contribution in [1.82, 2.24) is 4.90 Å². The molecule has 2 N–H and O–H groups in total. The number of fused-ring (bicyclic) bond motifs is 1. The van der Waals surface area contributed by atoms with Crippen molar-refractivity contribution in [2.75, 3.05) is 55.9 Å². The van der Waals surface area contributed by atoms with E-state index < -0.39 is 0 Å². The molecule has 1 fully saturated rings. The second kappa shape index (κ2) is 9.00. The topological polar surface area (TPSA) is 56.8 Å². The molecule has 0 saturated carbocycles. The Kier molecular flexibility index (Phi) is 5.75. The van der Waals surface area contributed by atoms with Crippen molar-refractivity contribution >= 4 is 28.5 Å². The second-order valence-electron chi connectivity index (χ2n) is 8.49. The zero-order chi connectivity index (χ0) is 22.8. The third kappa shape index (κ3) is 4.43. The van der Waals surface area contributed by atoms with Crippen molar-refractivity contribution in [1.29, 1.82) is 0 Å². The number of hydrogen-bond donors (Lipinski definition) is 2. The first-order chi connectivity index (χ1) is 16.1. The molecule has 2 aliphatic rings. The van der Waals surface area contributed by atoms with Gasteiger partial charge in [-0.1, -0.05) is 24.3 Å². The van der Waals surface area contributed by atoms with E-state index in [2.05, 4.69) is 51.7 Å². The Bertz CT molecular complexity index is 1190. The summed E-state index contributed by atoms with van der Waals surface area (Å²) in [4.78, 5) is 17.4. The Hall–Kier alpha value is -3.77. The van der Waals surface area contributed by atoms with Gasteiger partial charge >= 0.3 is 0 Å². The molecule has 168 valence electrons. The quantitative estimate of drug-likeness (QED) is 0.572. The maximum absolute atomic E-state index is 12.6. The first-order valence-corrected chi connectivity index (χ1v) is 11.2. The molecule has 6 nitrogen and oxygen atoms in total. The maximum Gasteiger partial charge on any atom is 0.257 e. The van der Waals surface area contributed by atoms with Gasteiger partial charge in [-0.15, -0.1) is 0 Å². The number of benzene rings is 3. The summed E-state index contributed by atoms with van der Waals surface area (Å²) in [5, 5.41) is 6.28. The second-order valence-corrected chi connectivity index (χ2v) is 8.49. The molecule has 6 heteroatoms. The fourth-order valence-corrected chi connectivity index (χ4v) is 4.31. The lowest BCUT2D eigenvalue weighted by Gasteiger charge is -2.34. The molecule has 3 aromatic carbocycles. The highest BCUT2D eigenvalue weighted by molar-refractivity contribution is 6.31. The first kappa shape index (κ1) is 21.1. The third-order valence-electron chi connectivity index (χ3n) is 6.32. The number of ether oxygens (including phenoxy) is 1.